The highest BCUT2D eigenvalue weighted by Crippen LogP contribution is 2.46. The van der Waals surface area contributed by atoms with Gasteiger partial charge in [-0.1, -0.05) is 41.0 Å². The molecule has 1 aromatic heterocycles. The number of benzene rings is 2. The molecule has 7 heteroatoms. The quantitative estimate of drug-likeness (QED) is 0.366. The summed E-state index contributed by atoms with van der Waals surface area (Å²) in [5.41, 5.74) is 4.18. The van der Waals surface area contributed by atoms with Crippen molar-refractivity contribution in [2.45, 2.75) is 31.8 Å². The fraction of sp³-hybridized carbons (Fsp3) is 0.214. The molecule has 0 spiro atoms. The van der Waals surface area contributed by atoms with Gasteiger partial charge < -0.3 is 14.3 Å². The lowest BCUT2D eigenvalue weighted by Gasteiger charge is -2.33. The number of nitrogens with zero attached hydrogens (tertiary/aromatic N) is 3. The van der Waals surface area contributed by atoms with Crippen LogP contribution in [0, 0.1) is 11.3 Å². The Morgan fingerprint density at radius 2 is 1.83 bits per heavy atom. The van der Waals surface area contributed by atoms with Crippen LogP contribution >= 0.6 is 11.6 Å². The lowest BCUT2D eigenvalue weighted by molar-refractivity contribution is 0.129. The standard InChI is InChI=1S/C28H24ClN3O3/c1-33-22-13-9-20(10-14-22)26-23(17-30)28(32-15-2-3-16-32)35-25-6-4-5-24(27(25)26)31-34-18-19-7-11-21(29)12-8-19/h2-3,7-16,26H,4-6,18H2,1H3/b31-24-/t26-/m0/s1. The van der Waals surface area contributed by atoms with Crippen molar-refractivity contribution in [1.29, 1.82) is 5.26 Å². The molecule has 1 aliphatic heterocycles. The van der Waals surface area contributed by atoms with E-state index >= 15 is 0 Å². The zero-order chi connectivity index (χ0) is 24.2. The highest BCUT2D eigenvalue weighted by atomic mass is 35.5. The maximum Gasteiger partial charge on any atom is 0.218 e. The number of hydrogen-bond donors (Lipinski definition) is 0. The van der Waals surface area contributed by atoms with Crippen LogP contribution in [0.2, 0.25) is 5.02 Å². The number of ether oxygens (including phenoxy) is 2. The second-order valence-corrected chi connectivity index (χ2v) is 8.79. The first-order chi connectivity index (χ1) is 17.2. The molecule has 176 valence electrons. The van der Waals surface area contributed by atoms with Crippen LogP contribution in [0.3, 0.4) is 0 Å². The van der Waals surface area contributed by atoms with E-state index in [4.69, 9.17) is 25.9 Å². The molecule has 2 aromatic carbocycles. The van der Waals surface area contributed by atoms with Crippen LogP contribution in [0.5, 0.6) is 5.75 Å². The summed E-state index contributed by atoms with van der Waals surface area (Å²) < 4.78 is 13.6. The molecule has 1 atom stereocenters. The van der Waals surface area contributed by atoms with Gasteiger partial charge in [0.2, 0.25) is 5.88 Å². The van der Waals surface area contributed by atoms with Crippen molar-refractivity contribution in [3.63, 3.8) is 0 Å². The van der Waals surface area contributed by atoms with Crippen molar-refractivity contribution < 1.29 is 14.3 Å². The molecule has 0 radical (unpaired) electrons. The van der Waals surface area contributed by atoms with Crippen molar-refractivity contribution >= 4 is 23.2 Å². The van der Waals surface area contributed by atoms with Gasteiger partial charge in [-0.2, -0.15) is 5.26 Å². The van der Waals surface area contributed by atoms with Crippen molar-refractivity contribution in [3.05, 3.63) is 106 Å². The first-order valence-corrected chi connectivity index (χ1v) is 11.8. The fourth-order valence-electron chi connectivity index (χ4n) is 4.48. The molecule has 0 unspecified atom stereocenters. The van der Waals surface area contributed by atoms with Crippen LogP contribution in [0.25, 0.3) is 5.88 Å². The summed E-state index contributed by atoms with van der Waals surface area (Å²) in [5.74, 6) is 1.78. The average Bonchev–Trinajstić information content (AvgIpc) is 3.44. The van der Waals surface area contributed by atoms with Crippen molar-refractivity contribution in [2.24, 2.45) is 5.16 Å². The fourth-order valence-corrected chi connectivity index (χ4v) is 4.61. The number of methoxy groups -OCH3 is 1. The average molecular weight is 486 g/mol. The molecule has 0 N–H and O–H groups in total. The van der Waals surface area contributed by atoms with E-state index in [1.807, 2.05) is 77.6 Å². The van der Waals surface area contributed by atoms with Crippen LogP contribution in [0.15, 0.2) is 95.1 Å². The molecule has 0 saturated heterocycles. The summed E-state index contributed by atoms with van der Waals surface area (Å²) in [7, 11) is 1.64. The second-order valence-electron chi connectivity index (χ2n) is 8.36. The van der Waals surface area contributed by atoms with Gasteiger partial charge in [0, 0.05) is 29.4 Å². The zero-order valence-electron chi connectivity index (χ0n) is 19.3. The first-order valence-electron chi connectivity index (χ1n) is 11.4. The molecule has 1 aliphatic carbocycles. The zero-order valence-corrected chi connectivity index (χ0v) is 20.0. The smallest absolute Gasteiger partial charge is 0.218 e. The minimum atomic E-state index is -0.328. The number of halogens is 1. The minimum Gasteiger partial charge on any atom is -0.497 e. The summed E-state index contributed by atoms with van der Waals surface area (Å²) >= 11 is 5.98. The predicted octanol–water partition coefficient (Wildman–Crippen LogP) is 6.67. The topological polar surface area (TPSA) is 68.8 Å². The minimum absolute atomic E-state index is 0.326. The highest BCUT2D eigenvalue weighted by molar-refractivity contribution is 6.30. The van der Waals surface area contributed by atoms with Crippen LogP contribution in [0.4, 0.5) is 0 Å². The lowest BCUT2D eigenvalue weighted by atomic mass is 9.77. The van der Waals surface area contributed by atoms with E-state index < -0.39 is 0 Å². The van der Waals surface area contributed by atoms with E-state index in [9.17, 15) is 5.26 Å². The number of rotatable bonds is 6. The summed E-state index contributed by atoms with van der Waals surface area (Å²) in [6.07, 6.45) is 6.17. The monoisotopic (exact) mass is 485 g/mol. The summed E-state index contributed by atoms with van der Waals surface area (Å²) in [4.78, 5) is 5.77. The van der Waals surface area contributed by atoms with Gasteiger partial charge >= 0.3 is 0 Å². The molecule has 3 aromatic rings. The molecule has 2 heterocycles. The molecule has 0 fully saturated rings. The molecule has 5 rings (SSSR count). The third-order valence-electron chi connectivity index (χ3n) is 6.18. The molecule has 0 saturated carbocycles. The summed E-state index contributed by atoms with van der Waals surface area (Å²) in [6.45, 7) is 0.326. The van der Waals surface area contributed by atoms with E-state index in [1.54, 1.807) is 7.11 Å². The van der Waals surface area contributed by atoms with Gasteiger partial charge in [0.1, 0.15) is 29.8 Å². The lowest BCUT2D eigenvalue weighted by Crippen LogP contribution is -2.26. The maximum absolute atomic E-state index is 10.3. The number of oxime groups is 1. The SMILES string of the molecule is COc1ccc([C@H]2C(C#N)=C(n3cccc3)OC3=C2/C(=N\OCc2ccc(Cl)cc2)CCC3)cc1. The normalized spacial score (nSPS) is 18.7. The molecule has 0 amide bonds. The predicted molar refractivity (Wildman–Crippen MR) is 135 cm³/mol. The first kappa shape index (κ1) is 22.8. The second kappa shape index (κ2) is 10.1. The van der Waals surface area contributed by atoms with Gasteiger partial charge in [-0.15, -0.1) is 0 Å². The Morgan fingerprint density at radius 1 is 1.09 bits per heavy atom. The van der Waals surface area contributed by atoms with Gasteiger partial charge in [0.05, 0.1) is 18.7 Å². The van der Waals surface area contributed by atoms with E-state index in [-0.39, 0.29) is 5.92 Å². The third-order valence-corrected chi connectivity index (χ3v) is 6.44. The van der Waals surface area contributed by atoms with Gasteiger partial charge in [0.15, 0.2) is 0 Å². The Kier molecular flexibility index (Phi) is 6.60. The van der Waals surface area contributed by atoms with Crippen molar-refractivity contribution in [1.82, 2.24) is 4.57 Å². The van der Waals surface area contributed by atoms with Gasteiger partial charge in [-0.3, -0.25) is 4.57 Å². The number of hydrogen-bond acceptors (Lipinski definition) is 5. The Balaban J connectivity index is 1.55. The largest absolute Gasteiger partial charge is 0.497 e. The van der Waals surface area contributed by atoms with Gasteiger partial charge in [0.25, 0.3) is 0 Å². The molecular weight excluding hydrogens is 462 g/mol. The number of allylic oxidation sites excluding steroid dienone is 3. The van der Waals surface area contributed by atoms with E-state index in [2.05, 4.69) is 11.2 Å². The van der Waals surface area contributed by atoms with Gasteiger partial charge in [-0.25, -0.2) is 0 Å². The van der Waals surface area contributed by atoms with Crippen LogP contribution in [-0.2, 0) is 16.2 Å². The van der Waals surface area contributed by atoms with Gasteiger partial charge in [-0.05, 0) is 60.4 Å². The molecule has 2 aliphatic rings. The Bertz CT molecular complexity index is 1330. The van der Waals surface area contributed by atoms with Crippen LogP contribution < -0.4 is 4.74 Å². The molecular formula is C28H24ClN3O3. The molecule has 35 heavy (non-hydrogen) atoms. The highest BCUT2D eigenvalue weighted by Gasteiger charge is 2.38. The third kappa shape index (κ3) is 4.68. The van der Waals surface area contributed by atoms with E-state index in [1.165, 1.54) is 0 Å². The Morgan fingerprint density at radius 3 is 2.51 bits per heavy atom. The summed E-state index contributed by atoms with van der Waals surface area (Å²) in [5, 5.41) is 15.5. The molecule has 6 nitrogen and oxygen atoms in total. The van der Waals surface area contributed by atoms with Crippen LogP contribution in [-0.4, -0.2) is 17.4 Å². The van der Waals surface area contributed by atoms with Crippen LogP contribution in [0.1, 0.15) is 36.3 Å². The van der Waals surface area contributed by atoms with Crippen molar-refractivity contribution in [2.75, 3.05) is 7.11 Å². The van der Waals surface area contributed by atoms with E-state index in [0.717, 1.165) is 53.2 Å². The Labute approximate surface area is 209 Å². The Hall–Kier alpha value is -3.95. The van der Waals surface area contributed by atoms with E-state index in [0.29, 0.717) is 23.1 Å². The summed E-state index contributed by atoms with van der Waals surface area (Å²) in [6, 6.07) is 21.5. The maximum atomic E-state index is 10.3. The molecule has 0 bridgehead atoms. The number of nitriles is 1. The van der Waals surface area contributed by atoms with Crippen molar-refractivity contribution in [3.8, 4) is 11.8 Å². The number of aromatic nitrogens is 1.